The third-order valence-electron chi connectivity index (χ3n) is 6.82. The first-order chi connectivity index (χ1) is 19.1. The van der Waals surface area contributed by atoms with E-state index in [0.29, 0.717) is 33.7 Å². The minimum absolute atomic E-state index is 0.234. The third-order valence-corrected chi connectivity index (χ3v) is 7.35. The van der Waals surface area contributed by atoms with Crippen molar-refractivity contribution in [3.8, 4) is 5.69 Å². The van der Waals surface area contributed by atoms with Crippen molar-refractivity contribution in [3.05, 3.63) is 113 Å². The molecule has 2 atom stereocenters. The Hall–Kier alpha value is -3.99. The zero-order chi connectivity index (χ0) is 28.6. The van der Waals surface area contributed by atoms with Crippen molar-refractivity contribution in [3.63, 3.8) is 0 Å². The molecule has 0 fully saturated rings. The smallest absolute Gasteiger partial charge is 0.339 e. The molecule has 3 aromatic carbocycles. The monoisotopic (exact) mass is 614 g/mol. The Kier molecular flexibility index (Phi) is 7.50. The minimum atomic E-state index is -4.64. The van der Waals surface area contributed by atoms with Gasteiger partial charge in [0.1, 0.15) is 17.7 Å². The average Bonchev–Trinajstić information content (AvgIpc) is 3.33. The summed E-state index contributed by atoms with van der Waals surface area (Å²) in [7, 11) is 0. The van der Waals surface area contributed by atoms with Crippen LogP contribution in [-0.2, 0) is 16.3 Å². The van der Waals surface area contributed by atoms with E-state index in [2.05, 4.69) is 21.2 Å². The molecule has 0 saturated heterocycles. The number of likely N-dealkylation sites (N-methyl/N-ethyl adjacent to an activating group) is 1. The predicted molar refractivity (Wildman–Crippen MR) is 145 cm³/mol. The molecule has 0 aliphatic carbocycles. The predicted octanol–water partition coefficient (Wildman–Crippen LogP) is 6.22. The molecule has 0 unspecified atom stereocenters. The minimum Gasteiger partial charge on any atom is -0.339 e. The van der Waals surface area contributed by atoms with Gasteiger partial charge < -0.3 is 5.32 Å². The molecule has 0 spiro atoms. The van der Waals surface area contributed by atoms with Gasteiger partial charge in [0.25, 0.3) is 11.8 Å². The number of para-hydroxylation sites is 1. The van der Waals surface area contributed by atoms with Crippen LogP contribution in [0.15, 0.2) is 78.9 Å². The second-order valence-corrected chi connectivity index (χ2v) is 9.77. The maximum Gasteiger partial charge on any atom is 0.416 e. The molecule has 0 radical (unpaired) electrons. The number of fused-ring (bicyclic) bond motifs is 1. The summed E-state index contributed by atoms with van der Waals surface area (Å²) >= 11 is 3.49. The fourth-order valence-electron chi connectivity index (χ4n) is 5.01. The Morgan fingerprint density at radius 3 is 2.35 bits per heavy atom. The normalized spacial score (nSPS) is 17.1. The van der Waals surface area contributed by atoms with E-state index in [1.807, 2.05) is 30.3 Å². The fraction of sp³-hybridized carbons (Fsp3) is 0.207. The second-order valence-electron chi connectivity index (χ2n) is 9.21. The topological polar surface area (TPSA) is 67.2 Å². The SMILES string of the molecule is CCN1C(=O)[C@H](NC(=O)c2cccc(C(F)(F)F)c2)[C@@H](c2ccc(F)cc2)c2c(CBr)nn(-c3ccccc3)c21. The summed E-state index contributed by atoms with van der Waals surface area (Å²) < 4.78 is 55.5. The van der Waals surface area contributed by atoms with Crippen LogP contribution in [0.2, 0.25) is 0 Å². The summed E-state index contributed by atoms with van der Waals surface area (Å²) in [6.45, 7) is 2.01. The lowest BCUT2D eigenvalue weighted by molar-refractivity contribution is -0.137. The molecule has 5 rings (SSSR count). The third kappa shape index (κ3) is 5.01. The van der Waals surface area contributed by atoms with Crippen LogP contribution >= 0.6 is 15.9 Å². The Morgan fingerprint density at radius 1 is 1.02 bits per heavy atom. The molecule has 2 amide bonds. The van der Waals surface area contributed by atoms with E-state index in [4.69, 9.17) is 5.10 Å². The van der Waals surface area contributed by atoms with E-state index in [1.54, 1.807) is 11.6 Å². The number of carbonyl (C=O) groups excluding carboxylic acids is 2. The van der Waals surface area contributed by atoms with Crippen LogP contribution in [0.1, 0.15) is 45.6 Å². The van der Waals surface area contributed by atoms with E-state index in [-0.39, 0.29) is 12.1 Å². The summed E-state index contributed by atoms with van der Waals surface area (Å²) in [5, 5.41) is 7.78. The number of nitrogens with one attached hydrogen (secondary N) is 1. The number of hydrogen-bond donors (Lipinski definition) is 1. The fourth-order valence-corrected chi connectivity index (χ4v) is 5.43. The van der Waals surface area contributed by atoms with Gasteiger partial charge in [0.05, 0.1) is 16.9 Å². The van der Waals surface area contributed by atoms with Crippen molar-refractivity contribution < 1.29 is 27.2 Å². The molecular weight excluding hydrogens is 592 g/mol. The highest BCUT2D eigenvalue weighted by atomic mass is 79.9. The van der Waals surface area contributed by atoms with E-state index in [9.17, 15) is 27.2 Å². The molecule has 0 bridgehead atoms. The molecular formula is C29H23BrF4N4O2. The number of alkyl halides is 4. The van der Waals surface area contributed by atoms with Gasteiger partial charge in [-0.05, 0) is 55.0 Å². The molecule has 6 nitrogen and oxygen atoms in total. The lowest BCUT2D eigenvalue weighted by atomic mass is 9.81. The number of halogens is 5. The van der Waals surface area contributed by atoms with Crippen molar-refractivity contribution in [2.45, 2.75) is 30.4 Å². The second kappa shape index (κ2) is 10.9. The van der Waals surface area contributed by atoms with Crippen LogP contribution in [0.5, 0.6) is 0 Å². The van der Waals surface area contributed by atoms with E-state index >= 15 is 0 Å². The highest BCUT2D eigenvalue weighted by Gasteiger charge is 2.46. The molecule has 4 aromatic rings. The van der Waals surface area contributed by atoms with Gasteiger partial charge in [-0.1, -0.05) is 52.3 Å². The van der Waals surface area contributed by atoms with Crippen molar-refractivity contribution >= 4 is 33.6 Å². The Labute approximate surface area is 235 Å². The maximum absolute atomic E-state index is 14.0. The van der Waals surface area contributed by atoms with Crippen LogP contribution in [-0.4, -0.2) is 34.2 Å². The van der Waals surface area contributed by atoms with Gasteiger partial charge in [-0.3, -0.25) is 14.5 Å². The Morgan fingerprint density at radius 2 is 1.73 bits per heavy atom. The van der Waals surface area contributed by atoms with Crippen molar-refractivity contribution in [2.75, 3.05) is 11.4 Å². The van der Waals surface area contributed by atoms with Gasteiger partial charge in [-0.25, -0.2) is 9.07 Å². The number of benzene rings is 3. The quantitative estimate of drug-likeness (QED) is 0.207. The highest BCUT2D eigenvalue weighted by molar-refractivity contribution is 9.08. The molecule has 1 aromatic heterocycles. The van der Waals surface area contributed by atoms with Crippen LogP contribution in [0.4, 0.5) is 23.4 Å². The van der Waals surface area contributed by atoms with Crippen molar-refractivity contribution in [1.82, 2.24) is 15.1 Å². The van der Waals surface area contributed by atoms with Gasteiger partial charge in [0, 0.05) is 28.9 Å². The van der Waals surface area contributed by atoms with Gasteiger partial charge in [0.15, 0.2) is 0 Å². The summed E-state index contributed by atoms with van der Waals surface area (Å²) in [6.07, 6.45) is -4.64. The molecule has 1 aliphatic heterocycles. The highest BCUT2D eigenvalue weighted by Crippen LogP contribution is 2.44. The lowest BCUT2D eigenvalue weighted by Crippen LogP contribution is -2.55. The van der Waals surface area contributed by atoms with Crippen LogP contribution in [0.25, 0.3) is 5.69 Å². The van der Waals surface area contributed by atoms with Gasteiger partial charge in [-0.15, -0.1) is 0 Å². The largest absolute Gasteiger partial charge is 0.416 e. The number of aromatic nitrogens is 2. The molecule has 1 N–H and O–H groups in total. The zero-order valence-corrected chi connectivity index (χ0v) is 22.7. The number of nitrogens with zero attached hydrogens (tertiary/aromatic N) is 3. The first kappa shape index (κ1) is 27.6. The van der Waals surface area contributed by atoms with Crippen molar-refractivity contribution in [1.29, 1.82) is 0 Å². The average molecular weight is 615 g/mol. The van der Waals surface area contributed by atoms with E-state index in [0.717, 1.165) is 18.2 Å². The number of anilines is 1. The first-order valence-corrected chi connectivity index (χ1v) is 13.5. The standard InChI is InChI=1S/C29H23BrF4N4O2/c1-2-37-27-24(22(16-30)36-38(27)21-9-4-3-5-10-21)23(17-11-13-20(31)14-12-17)25(28(37)40)35-26(39)18-7-6-8-19(15-18)29(32,33)34/h3-15,23,25H,2,16H2,1H3,(H,35,39)/t23-,25+/m0/s1. The molecule has 1 aliphatic rings. The zero-order valence-electron chi connectivity index (χ0n) is 21.1. The van der Waals surface area contributed by atoms with Gasteiger partial charge >= 0.3 is 6.18 Å². The Balaban J connectivity index is 1.67. The maximum atomic E-state index is 14.0. The van der Waals surface area contributed by atoms with E-state index < -0.39 is 41.3 Å². The number of hydrogen-bond acceptors (Lipinski definition) is 3. The summed E-state index contributed by atoms with van der Waals surface area (Å²) in [5.74, 6) is -2.08. The van der Waals surface area contributed by atoms with Gasteiger partial charge in [-0.2, -0.15) is 18.3 Å². The van der Waals surface area contributed by atoms with Crippen LogP contribution in [0, 0.1) is 5.82 Å². The number of amides is 2. The van der Waals surface area contributed by atoms with Crippen molar-refractivity contribution in [2.24, 2.45) is 0 Å². The molecule has 11 heteroatoms. The van der Waals surface area contributed by atoms with Gasteiger partial charge in [0.2, 0.25) is 0 Å². The Bertz CT molecular complexity index is 1550. The van der Waals surface area contributed by atoms with E-state index in [1.165, 1.54) is 35.2 Å². The number of carbonyl (C=O) groups is 2. The molecule has 40 heavy (non-hydrogen) atoms. The molecule has 0 saturated carbocycles. The van der Waals surface area contributed by atoms with Crippen LogP contribution in [0.3, 0.4) is 0 Å². The summed E-state index contributed by atoms with van der Waals surface area (Å²) in [4.78, 5) is 28.9. The summed E-state index contributed by atoms with van der Waals surface area (Å²) in [6, 6.07) is 17.6. The summed E-state index contributed by atoms with van der Waals surface area (Å²) in [5.41, 5.74) is 1.27. The number of rotatable bonds is 6. The first-order valence-electron chi connectivity index (χ1n) is 12.4. The molecule has 2 heterocycles. The molecule has 206 valence electrons. The lowest BCUT2D eigenvalue weighted by Gasteiger charge is -2.38. The van der Waals surface area contributed by atoms with Crippen LogP contribution < -0.4 is 10.2 Å².